The van der Waals surface area contributed by atoms with E-state index < -0.39 is 17.9 Å². The first kappa shape index (κ1) is 21.3. The number of aliphatic hydroxyl groups excluding tert-OH is 1. The Morgan fingerprint density at radius 2 is 1.79 bits per heavy atom. The van der Waals surface area contributed by atoms with Gasteiger partial charge in [0.25, 0.3) is 0 Å². The Labute approximate surface area is 172 Å². The molecule has 3 rings (SSSR count). The summed E-state index contributed by atoms with van der Waals surface area (Å²) >= 11 is 0. The average molecular weight is 402 g/mol. The molecule has 1 aliphatic carbocycles. The van der Waals surface area contributed by atoms with Gasteiger partial charge in [0.05, 0.1) is 6.10 Å². The molecule has 158 valence electrons. The van der Waals surface area contributed by atoms with Gasteiger partial charge < -0.3 is 20.2 Å². The number of carbonyl (C=O) groups excluding carboxylic acids is 3. The first-order chi connectivity index (χ1) is 14.0. The molecule has 1 aromatic rings. The Morgan fingerprint density at radius 1 is 1.10 bits per heavy atom. The molecule has 7 nitrogen and oxygen atoms in total. The minimum Gasteiger partial charge on any atom is -0.393 e. The minimum atomic E-state index is -0.826. The van der Waals surface area contributed by atoms with E-state index in [0.29, 0.717) is 50.9 Å². The normalized spacial score (nSPS) is 23.8. The fraction of sp³-hybridized carbons (Fsp3) is 0.591. The summed E-state index contributed by atoms with van der Waals surface area (Å²) in [6, 6.07) is 8.30. The van der Waals surface area contributed by atoms with Crippen LogP contribution in [0.3, 0.4) is 0 Å². The number of carbonyl (C=O) groups is 3. The summed E-state index contributed by atoms with van der Waals surface area (Å²) < 4.78 is 0. The van der Waals surface area contributed by atoms with Crippen molar-refractivity contribution in [1.29, 1.82) is 0 Å². The Balaban J connectivity index is 1.76. The number of unbranched alkanes of at least 4 members (excludes halogenated alkanes) is 1. The Morgan fingerprint density at radius 3 is 2.45 bits per heavy atom. The third kappa shape index (κ3) is 5.15. The predicted molar refractivity (Wildman–Crippen MR) is 109 cm³/mol. The highest BCUT2D eigenvalue weighted by Crippen LogP contribution is 2.26. The first-order valence-electron chi connectivity index (χ1n) is 10.6. The maximum Gasteiger partial charge on any atom is 0.313 e. The second-order valence-electron chi connectivity index (χ2n) is 7.97. The van der Waals surface area contributed by atoms with Crippen LogP contribution >= 0.6 is 0 Å². The van der Waals surface area contributed by atoms with E-state index in [-0.39, 0.29) is 18.1 Å². The number of hydrogen-bond acceptors (Lipinski definition) is 4. The first-order valence-corrected chi connectivity index (χ1v) is 10.6. The summed E-state index contributed by atoms with van der Waals surface area (Å²) in [4.78, 5) is 41.7. The second-order valence-corrected chi connectivity index (χ2v) is 7.97. The van der Waals surface area contributed by atoms with Crippen molar-refractivity contribution in [2.75, 3.05) is 19.6 Å². The molecule has 1 heterocycles. The van der Waals surface area contributed by atoms with Crippen LogP contribution in [0.5, 0.6) is 0 Å². The molecule has 0 spiro atoms. The summed E-state index contributed by atoms with van der Waals surface area (Å²) in [6.07, 6.45) is 4.26. The highest BCUT2D eigenvalue weighted by atomic mass is 16.3. The van der Waals surface area contributed by atoms with E-state index >= 15 is 0 Å². The van der Waals surface area contributed by atoms with Crippen LogP contribution in [0.2, 0.25) is 0 Å². The van der Waals surface area contributed by atoms with Crippen molar-refractivity contribution >= 4 is 17.7 Å². The van der Waals surface area contributed by atoms with Crippen LogP contribution in [0.15, 0.2) is 30.3 Å². The lowest BCUT2D eigenvalue weighted by Crippen LogP contribution is -2.58. The summed E-state index contributed by atoms with van der Waals surface area (Å²) in [5.74, 6) is -1.41. The van der Waals surface area contributed by atoms with Gasteiger partial charge in [-0.3, -0.25) is 14.4 Å². The summed E-state index contributed by atoms with van der Waals surface area (Å²) in [7, 11) is 0. The molecule has 7 heteroatoms. The molecular formula is C22H31N3O4. The topological polar surface area (TPSA) is 89.9 Å². The number of benzene rings is 1. The molecule has 3 amide bonds. The van der Waals surface area contributed by atoms with Crippen LogP contribution in [0.25, 0.3) is 0 Å². The molecule has 1 aliphatic heterocycles. The van der Waals surface area contributed by atoms with Crippen molar-refractivity contribution in [3.8, 4) is 0 Å². The Kier molecular flexibility index (Phi) is 7.25. The SMILES string of the molecule is CCCCN1CCN([C@@H](C(=O)NC2CCC(O)CC2)c2ccccc2)C(=O)C1=O. The predicted octanol–water partition coefficient (Wildman–Crippen LogP) is 1.62. The van der Waals surface area contributed by atoms with Crippen LogP contribution in [-0.4, -0.2) is 64.4 Å². The van der Waals surface area contributed by atoms with Crippen molar-refractivity contribution < 1.29 is 19.5 Å². The van der Waals surface area contributed by atoms with Gasteiger partial charge in [0.15, 0.2) is 0 Å². The van der Waals surface area contributed by atoms with Crippen LogP contribution in [0.4, 0.5) is 0 Å². The van der Waals surface area contributed by atoms with Gasteiger partial charge in [-0.1, -0.05) is 43.7 Å². The Bertz CT molecular complexity index is 716. The lowest BCUT2D eigenvalue weighted by molar-refractivity contribution is -0.159. The maximum absolute atomic E-state index is 13.2. The van der Waals surface area contributed by atoms with Crippen molar-refractivity contribution in [2.24, 2.45) is 0 Å². The number of rotatable bonds is 7. The van der Waals surface area contributed by atoms with E-state index in [1.807, 2.05) is 37.3 Å². The number of nitrogens with zero attached hydrogens (tertiary/aromatic N) is 2. The van der Waals surface area contributed by atoms with Gasteiger partial charge in [0, 0.05) is 25.7 Å². The number of hydrogen-bond donors (Lipinski definition) is 2. The third-order valence-corrected chi connectivity index (χ3v) is 5.84. The molecule has 0 bridgehead atoms. The molecule has 0 unspecified atom stereocenters. The maximum atomic E-state index is 13.2. The zero-order chi connectivity index (χ0) is 20.8. The van der Waals surface area contributed by atoms with Gasteiger partial charge >= 0.3 is 11.8 Å². The second kappa shape index (κ2) is 9.87. The van der Waals surface area contributed by atoms with Gasteiger partial charge in [-0.25, -0.2) is 0 Å². The van der Waals surface area contributed by atoms with Crippen molar-refractivity contribution in [3.63, 3.8) is 0 Å². The van der Waals surface area contributed by atoms with Gasteiger partial charge in [0.2, 0.25) is 5.91 Å². The van der Waals surface area contributed by atoms with E-state index in [4.69, 9.17) is 0 Å². The standard InChI is InChI=1S/C22H31N3O4/c1-2-3-13-24-14-15-25(22(29)21(24)28)19(16-7-5-4-6-8-16)20(27)23-17-9-11-18(26)12-10-17/h4-8,17-19,26H,2-3,9-15H2,1H3,(H,23,27)/t17?,18?,19-/m1/s1. The molecule has 1 saturated carbocycles. The third-order valence-electron chi connectivity index (χ3n) is 5.84. The molecule has 1 saturated heterocycles. The van der Waals surface area contributed by atoms with E-state index in [0.717, 1.165) is 12.8 Å². The van der Waals surface area contributed by atoms with Crippen molar-refractivity contribution in [3.05, 3.63) is 35.9 Å². The molecular weight excluding hydrogens is 370 g/mol. The summed E-state index contributed by atoms with van der Waals surface area (Å²) in [5, 5.41) is 12.7. The van der Waals surface area contributed by atoms with Crippen LogP contribution in [0, 0.1) is 0 Å². The quantitative estimate of drug-likeness (QED) is 0.680. The highest BCUT2D eigenvalue weighted by Gasteiger charge is 2.40. The molecule has 0 radical (unpaired) electrons. The fourth-order valence-electron chi connectivity index (χ4n) is 4.11. The van der Waals surface area contributed by atoms with Gasteiger partial charge in [-0.05, 0) is 37.7 Å². The lowest BCUT2D eigenvalue weighted by Gasteiger charge is -2.38. The van der Waals surface area contributed by atoms with E-state index in [1.165, 1.54) is 4.90 Å². The molecule has 29 heavy (non-hydrogen) atoms. The van der Waals surface area contributed by atoms with E-state index in [1.54, 1.807) is 4.90 Å². The zero-order valence-corrected chi connectivity index (χ0v) is 17.0. The molecule has 2 N–H and O–H groups in total. The van der Waals surface area contributed by atoms with Crippen LogP contribution in [0.1, 0.15) is 57.1 Å². The monoisotopic (exact) mass is 401 g/mol. The van der Waals surface area contributed by atoms with E-state index in [2.05, 4.69) is 5.32 Å². The number of amides is 3. The number of piperazine rings is 1. The zero-order valence-electron chi connectivity index (χ0n) is 17.0. The fourth-order valence-corrected chi connectivity index (χ4v) is 4.11. The average Bonchev–Trinajstić information content (AvgIpc) is 2.73. The van der Waals surface area contributed by atoms with Gasteiger partial charge in [-0.15, -0.1) is 0 Å². The Hall–Kier alpha value is -2.41. The van der Waals surface area contributed by atoms with Crippen LogP contribution in [-0.2, 0) is 14.4 Å². The number of nitrogens with one attached hydrogen (secondary N) is 1. The molecule has 0 aromatic heterocycles. The lowest BCUT2D eigenvalue weighted by atomic mass is 9.92. The summed E-state index contributed by atoms with van der Waals surface area (Å²) in [6.45, 7) is 3.39. The smallest absolute Gasteiger partial charge is 0.313 e. The molecule has 2 aliphatic rings. The van der Waals surface area contributed by atoms with Crippen molar-refractivity contribution in [1.82, 2.24) is 15.1 Å². The summed E-state index contributed by atoms with van der Waals surface area (Å²) in [5.41, 5.74) is 0.698. The molecule has 1 atom stereocenters. The number of aliphatic hydroxyl groups is 1. The highest BCUT2D eigenvalue weighted by molar-refractivity contribution is 6.35. The van der Waals surface area contributed by atoms with Crippen LogP contribution < -0.4 is 5.32 Å². The van der Waals surface area contributed by atoms with Gasteiger partial charge in [0.1, 0.15) is 6.04 Å². The van der Waals surface area contributed by atoms with Crippen molar-refractivity contribution in [2.45, 2.75) is 63.6 Å². The van der Waals surface area contributed by atoms with Gasteiger partial charge in [-0.2, -0.15) is 0 Å². The largest absolute Gasteiger partial charge is 0.393 e. The van der Waals surface area contributed by atoms with E-state index in [9.17, 15) is 19.5 Å². The minimum absolute atomic E-state index is 0.0197. The molecule has 1 aromatic carbocycles. The molecule has 2 fully saturated rings.